The van der Waals surface area contributed by atoms with Crippen molar-refractivity contribution in [3.8, 4) is 23.8 Å². The average molecular weight is 397 g/mol. The van der Waals surface area contributed by atoms with E-state index in [1.54, 1.807) is 24.3 Å². The Kier molecular flexibility index (Phi) is 6.20. The molecule has 0 fully saturated rings. The van der Waals surface area contributed by atoms with Gasteiger partial charge in [-0.2, -0.15) is 5.10 Å². The van der Waals surface area contributed by atoms with Crippen molar-refractivity contribution in [1.29, 1.82) is 0 Å². The molecule has 0 saturated heterocycles. The van der Waals surface area contributed by atoms with E-state index in [-0.39, 0.29) is 12.4 Å². The first-order chi connectivity index (χ1) is 13.6. The van der Waals surface area contributed by atoms with Gasteiger partial charge in [-0.15, -0.1) is 6.42 Å². The molecule has 0 saturated carbocycles. The number of para-hydroxylation sites is 1. The van der Waals surface area contributed by atoms with Crippen LogP contribution in [0.3, 0.4) is 0 Å². The van der Waals surface area contributed by atoms with Crippen molar-refractivity contribution >= 4 is 34.7 Å². The molecule has 28 heavy (non-hydrogen) atoms. The van der Waals surface area contributed by atoms with E-state index in [0.717, 1.165) is 5.39 Å². The average Bonchev–Trinajstić information content (AvgIpc) is 3.12. The van der Waals surface area contributed by atoms with Crippen LogP contribution in [0.5, 0.6) is 11.5 Å². The van der Waals surface area contributed by atoms with Crippen LogP contribution in [0, 0.1) is 12.3 Å². The number of carbonyl (C=O) groups is 1. The molecular formula is C21H17ClN2O4. The second kappa shape index (κ2) is 8.98. The van der Waals surface area contributed by atoms with E-state index in [2.05, 4.69) is 16.4 Å². The summed E-state index contributed by atoms with van der Waals surface area (Å²) in [5, 5.41) is 5.12. The maximum absolute atomic E-state index is 12.2. The number of fused-ring (bicyclic) bond motifs is 1. The number of amides is 1. The van der Waals surface area contributed by atoms with Crippen LogP contribution in [0.1, 0.15) is 23.0 Å². The van der Waals surface area contributed by atoms with Crippen LogP contribution in [-0.4, -0.2) is 25.3 Å². The Morgan fingerprint density at radius 1 is 1.32 bits per heavy atom. The van der Waals surface area contributed by atoms with Gasteiger partial charge in [-0.1, -0.05) is 35.7 Å². The van der Waals surface area contributed by atoms with Crippen molar-refractivity contribution in [2.75, 3.05) is 13.2 Å². The number of halogens is 1. The lowest BCUT2D eigenvalue weighted by molar-refractivity contribution is 0.0929. The predicted octanol–water partition coefficient (Wildman–Crippen LogP) is 4.26. The molecule has 7 heteroatoms. The molecular weight excluding hydrogens is 380 g/mol. The quantitative estimate of drug-likeness (QED) is 0.368. The standard InChI is InChI=1S/C21H17ClN2O4/c1-3-9-27-20-16(22)10-14(11-18(20)26-4-2)13-23-24-21(25)19-12-15-7-5-6-8-17(15)28-19/h1,5-8,10-13H,4,9H2,2H3,(H,24,25)/b23-13+. The minimum atomic E-state index is -0.461. The highest BCUT2D eigenvalue weighted by molar-refractivity contribution is 6.32. The lowest BCUT2D eigenvalue weighted by Gasteiger charge is -2.12. The Hall–Kier alpha value is -3.43. The van der Waals surface area contributed by atoms with E-state index in [1.807, 2.05) is 25.1 Å². The fourth-order valence-electron chi connectivity index (χ4n) is 2.49. The van der Waals surface area contributed by atoms with Crippen LogP contribution in [0.15, 0.2) is 52.0 Å². The van der Waals surface area contributed by atoms with Crippen molar-refractivity contribution in [1.82, 2.24) is 5.43 Å². The highest BCUT2D eigenvalue weighted by atomic mass is 35.5. The molecule has 3 aromatic rings. The molecule has 0 atom stereocenters. The third-order valence-corrected chi connectivity index (χ3v) is 3.94. The summed E-state index contributed by atoms with van der Waals surface area (Å²) in [5.74, 6) is 2.90. The van der Waals surface area contributed by atoms with Gasteiger partial charge in [0.2, 0.25) is 0 Å². The number of rotatable bonds is 7. The number of benzene rings is 2. The van der Waals surface area contributed by atoms with Crippen LogP contribution >= 0.6 is 11.6 Å². The molecule has 142 valence electrons. The first-order valence-corrected chi connectivity index (χ1v) is 8.84. The first-order valence-electron chi connectivity index (χ1n) is 8.47. The second-order valence-electron chi connectivity index (χ2n) is 5.60. The number of ether oxygens (including phenoxy) is 2. The van der Waals surface area contributed by atoms with Gasteiger partial charge in [0, 0.05) is 5.39 Å². The van der Waals surface area contributed by atoms with E-state index in [9.17, 15) is 4.79 Å². The zero-order valence-electron chi connectivity index (χ0n) is 15.1. The third-order valence-electron chi connectivity index (χ3n) is 3.66. The molecule has 0 spiro atoms. The van der Waals surface area contributed by atoms with Gasteiger partial charge in [0.05, 0.1) is 17.8 Å². The summed E-state index contributed by atoms with van der Waals surface area (Å²) in [4.78, 5) is 12.2. The molecule has 1 N–H and O–H groups in total. The highest BCUT2D eigenvalue weighted by Gasteiger charge is 2.13. The Balaban J connectivity index is 1.74. The number of nitrogens with one attached hydrogen (secondary N) is 1. The van der Waals surface area contributed by atoms with Crippen LogP contribution in [-0.2, 0) is 0 Å². The van der Waals surface area contributed by atoms with Gasteiger partial charge < -0.3 is 13.9 Å². The van der Waals surface area contributed by atoms with E-state index in [4.69, 9.17) is 31.9 Å². The molecule has 0 aliphatic carbocycles. The number of hydrogen-bond donors (Lipinski definition) is 1. The van der Waals surface area contributed by atoms with Gasteiger partial charge in [0.1, 0.15) is 12.2 Å². The van der Waals surface area contributed by atoms with Crippen LogP contribution in [0.25, 0.3) is 11.0 Å². The Labute approximate surface area is 167 Å². The minimum absolute atomic E-state index is 0.0702. The molecule has 0 radical (unpaired) electrons. The summed E-state index contributed by atoms with van der Waals surface area (Å²) >= 11 is 6.25. The zero-order valence-corrected chi connectivity index (χ0v) is 15.8. The summed E-state index contributed by atoms with van der Waals surface area (Å²) < 4.78 is 16.5. The summed E-state index contributed by atoms with van der Waals surface area (Å²) in [6.07, 6.45) is 6.66. The monoisotopic (exact) mass is 396 g/mol. The minimum Gasteiger partial charge on any atom is -0.490 e. The Morgan fingerprint density at radius 2 is 2.14 bits per heavy atom. The maximum atomic E-state index is 12.2. The summed E-state index contributed by atoms with van der Waals surface area (Å²) in [5.41, 5.74) is 3.67. The Morgan fingerprint density at radius 3 is 2.89 bits per heavy atom. The molecule has 0 unspecified atom stereocenters. The van der Waals surface area contributed by atoms with Crippen molar-refractivity contribution in [2.24, 2.45) is 5.10 Å². The van der Waals surface area contributed by atoms with Crippen LogP contribution in [0.2, 0.25) is 5.02 Å². The normalized spacial score (nSPS) is 10.8. The number of hydrazone groups is 1. The Bertz CT molecular complexity index is 1030. The van der Waals surface area contributed by atoms with Gasteiger partial charge in [-0.05, 0) is 36.8 Å². The molecule has 0 bridgehead atoms. The number of carbonyl (C=O) groups excluding carboxylic acids is 1. The van der Waals surface area contributed by atoms with Gasteiger partial charge in [0.15, 0.2) is 17.3 Å². The molecule has 3 rings (SSSR count). The fourth-order valence-corrected chi connectivity index (χ4v) is 2.77. The van der Waals surface area contributed by atoms with Gasteiger partial charge in [0.25, 0.3) is 0 Å². The molecule has 0 aliphatic rings. The zero-order chi connectivity index (χ0) is 19.9. The number of hydrogen-bond acceptors (Lipinski definition) is 5. The van der Waals surface area contributed by atoms with Gasteiger partial charge in [-0.3, -0.25) is 4.79 Å². The summed E-state index contributed by atoms with van der Waals surface area (Å²) in [7, 11) is 0. The van der Waals surface area contributed by atoms with E-state index >= 15 is 0 Å². The van der Waals surface area contributed by atoms with Crippen LogP contribution in [0.4, 0.5) is 0 Å². The molecule has 2 aromatic carbocycles. The highest BCUT2D eigenvalue weighted by Crippen LogP contribution is 2.36. The largest absolute Gasteiger partial charge is 0.490 e. The number of nitrogens with zero attached hydrogens (tertiary/aromatic N) is 1. The molecule has 1 aromatic heterocycles. The van der Waals surface area contributed by atoms with Gasteiger partial charge in [-0.25, -0.2) is 5.43 Å². The van der Waals surface area contributed by atoms with E-state index in [0.29, 0.717) is 34.3 Å². The maximum Gasteiger partial charge on any atom is 0.307 e. The third kappa shape index (κ3) is 4.45. The lowest BCUT2D eigenvalue weighted by atomic mass is 10.2. The smallest absolute Gasteiger partial charge is 0.307 e. The first kappa shape index (κ1) is 19.3. The van der Waals surface area contributed by atoms with Crippen molar-refractivity contribution in [2.45, 2.75) is 6.92 Å². The van der Waals surface area contributed by atoms with Crippen molar-refractivity contribution in [3.63, 3.8) is 0 Å². The molecule has 1 heterocycles. The van der Waals surface area contributed by atoms with Gasteiger partial charge >= 0.3 is 5.91 Å². The number of terminal acetylenes is 1. The number of furan rings is 1. The van der Waals surface area contributed by atoms with E-state index in [1.165, 1.54) is 6.21 Å². The SMILES string of the molecule is C#CCOc1c(Cl)cc(/C=N/NC(=O)c2cc3ccccc3o2)cc1OCC. The fraction of sp³-hybridized carbons (Fsp3) is 0.143. The topological polar surface area (TPSA) is 73.1 Å². The predicted molar refractivity (Wildman–Crippen MR) is 108 cm³/mol. The summed E-state index contributed by atoms with van der Waals surface area (Å²) in [6, 6.07) is 12.3. The summed E-state index contributed by atoms with van der Waals surface area (Å²) in [6.45, 7) is 2.33. The van der Waals surface area contributed by atoms with E-state index < -0.39 is 5.91 Å². The van der Waals surface area contributed by atoms with Crippen molar-refractivity contribution < 1.29 is 18.7 Å². The second-order valence-corrected chi connectivity index (χ2v) is 6.01. The lowest BCUT2D eigenvalue weighted by Crippen LogP contribution is -2.16. The van der Waals surface area contributed by atoms with Crippen molar-refractivity contribution in [3.05, 3.63) is 58.8 Å². The molecule has 6 nitrogen and oxygen atoms in total. The van der Waals surface area contributed by atoms with Crippen LogP contribution < -0.4 is 14.9 Å². The molecule has 1 amide bonds. The molecule has 0 aliphatic heterocycles.